The molecule has 0 atom stereocenters. The standard InChI is InChI=1S/C14H10BrFN4/c15-10-7-9(1-2-11(10)16)13-12(14(17)20-19-13)8-3-5-18-6-4-8/h1-7H,(H3,17,19,20). The zero-order valence-corrected chi connectivity index (χ0v) is 11.9. The first-order chi connectivity index (χ1) is 9.66. The van der Waals surface area contributed by atoms with Crippen LogP contribution in [0.3, 0.4) is 0 Å². The predicted molar refractivity (Wildman–Crippen MR) is 79.3 cm³/mol. The van der Waals surface area contributed by atoms with Crippen molar-refractivity contribution in [3.8, 4) is 22.4 Å². The molecule has 3 N–H and O–H groups in total. The Bertz CT molecular complexity index is 755. The Hall–Kier alpha value is -2.21. The number of nitrogens with one attached hydrogen (secondary N) is 1. The zero-order chi connectivity index (χ0) is 14.1. The first-order valence-corrected chi connectivity index (χ1v) is 6.66. The quantitative estimate of drug-likeness (QED) is 0.753. The van der Waals surface area contributed by atoms with Gasteiger partial charge in [-0.2, -0.15) is 5.10 Å². The van der Waals surface area contributed by atoms with Crippen LogP contribution in [0.15, 0.2) is 47.2 Å². The summed E-state index contributed by atoms with van der Waals surface area (Å²) in [4.78, 5) is 3.98. The summed E-state index contributed by atoms with van der Waals surface area (Å²) in [6, 6.07) is 8.46. The molecule has 0 unspecified atom stereocenters. The highest BCUT2D eigenvalue weighted by Crippen LogP contribution is 2.35. The molecular formula is C14H10BrFN4. The van der Waals surface area contributed by atoms with E-state index in [-0.39, 0.29) is 5.82 Å². The molecular weight excluding hydrogens is 323 g/mol. The van der Waals surface area contributed by atoms with Gasteiger partial charge in [0.15, 0.2) is 5.82 Å². The summed E-state index contributed by atoms with van der Waals surface area (Å²) in [5.41, 5.74) is 9.16. The molecule has 2 heterocycles. The van der Waals surface area contributed by atoms with Gasteiger partial charge in [-0.15, -0.1) is 0 Å². The lowest BCUT2D eigenvalue weighted by Crippen LogP contribution is -1.89. The number of benzene rings is 1. The topological polar surface area (TPSA) is 67.6 Å². The van der Waals surface area contributed by atoms with E-state index in [4.69, 9.17) is 5.73 Å². The van der Waals surface area contributed by atoms with Gasteiger partial charge in [0.05, 0.1) is 15.7 Å². The molecule has 0 saturated heterocycles. The van der Waals surface area contributed by atoms with E-state index in [1.165, 1.54) is 6.07 Å². The Morgan fingerprint density at radius 1 is 1.10 bits per heavy atom. The molecule has 6 heteroatoms. The van der Waals surface area contributed by atoms with Crippen molar-refractivity contribution in [2.24, 2.45) is 0 Å². The molecule has 0 bridgehead atoms. The van der Waals surface area contributed by atoms with Gasteiger partial charge in [0.1, 0.15) is 5.82 Å². The normalized spacial score (nSPS) is 10.7. The third-order valence-corrected chi connectivity index (χ3v) is 3.58. The fourth-order valence-electron chi connectivity index (χ4n) is 2.03. The molecule has 3 rings (SSSR count). The molecule has 20 heavy (non-hydrogen) atoms. The molecule has 0 fully saturated rings. The number of anilines is 1. The van der Waals surface area contributed by atoms with Crippen LogP contribution < -0.4 is 5.73 Å². The maximum atomic E-state index is 13.3. The number of H-pyrrole nitrogens is 1. The largest absolute Gasteiger partial charge is 0.382 e. The first kappa shape index (κ1) is 12.8. The minimum Gasteiger partial charge on any atom is -0.382 e. The van der Waals surface area contributed by atoms with E-state index >= 15 is 0 Å². The van der Waals surface area contributed by atoms with Crippen molar-refractivity contribution in [3.05, 3.63) is 53.0 Å². The average Bonchev–Trinajstić information content (AvgIpc) is 2.85. The van der Waals surface area contributed by atoms with E-state index < -0.39 is 0 Å². The Morgan fingerprint density at radius 3 is 2.55 bits per heavy atom. The maximum absolute atomic E-state index is 13.3. The van der Waals surface area contributed by atoms with Crippen LogP contribution in [0.2, 0.25) is 0 Å². The third-order valence-electron chi connectivity index (χ3n) is 2.97. The molecule has 0 spiro atoms. The van der Waals surface area contributed by atoms with Crippen molar-refractivity contribution in [2.75, 3.05) is 5.73 Å². The fraction of sp³-hybridized carbons (Fsp3) is 0. The van der Waals surface area contributed by atoms with Crippen LogP contribution in [-0.2, 0) is 0 Å². The van der Waals surface area contributed by atoms with Crippen molar-refractivity contribution in [2.45, 2.75) is 0 Å². The van der Waals surface area contributed by atoms with Gasteiger partial charge in [0, 0.05) is 18.0 Å². The van der Waals surface area contributed by atoms with Crippen LogP contribution >= 0.6 is 15.9 Å². The second-order valence-corrected chi connectivity index (χ2v) is 5.08. The van der Waals surface area contributed by atoms with Gasteiger partial charge in [0.2, 0.25) is 0 Å². The summed E-state index contributed by atoms with van der Waals surface area (Å²) in [6.45, 7) is 0. The molecule has 0 aliphatic heterocycles. The summed E-state index contributed by atoms with van der Waals surface area (Å²) in [7, 11) is 0. The number of pyridine rings is 1. The van der Waals surface area contributed by atoms with Gasteiger partial charge in [0.25, 0.3) is 0 Å². The van der Waals surface area contributed by atoms with Gasteiger partial charge in [-0.3, -0.25) is 10.1 Å². The van der Waals surface area contributed by atoms with Gasteiger partial charge >= 0.3 is 0 Å². The first-order valence-electron chi connectivity index (χ1n) is 5.86. The molecule has 3 aromatic rings. The Labute approximate surface area is 123 Å². The van der Waals surface area contributed by atoms with Crippen LogP contribution in [0.5, 0.6) is 0 Å². The van der Waals surface area contributed by atoms with E-state index in [2.05, 4.69) is 31.1 Å². The Kier molecular flexibility index (Phi) is 3.23. The lowest BCUT2D eigenvalue weighted by atomic mass is 10.0. The lowest BCUT2D eigenvalue weighted by molar-refractivity contribution is 0.621. The van der Waals surface area contributed by atoms with Crippen LogP contribution in [0.1, 0.15) is 0 Å². The summed E-state index contributed by atoms with van der Waals surface area (Å²) in [6.07, 6.45) is 3.37. The van der Waals surface area contributed by atoms with Gasteiger partial charge < -0.3 is 5.73 Å². The van der Waals surface area contributed by atoms with E-state index in [1.54, 1.807) is 24.5 Å². The molecule has 2 aromatic heterocycles. The van der Waals surface area contributed by atoms with Gasteiger partial charge in [-0.1, -0.05) is 0 Å². The van der Waals surface area contributed by atoms with Crippen molar-refractivity contribution in [3.63, 3.8) is 0 Å². The monoisotopic (exact) mass is 332 g/mol. The summed E-state index contributed by atoms with van der Waals surface area (Å²) >= 11 is 3.18. The molecule has 1 aromatic carbocycles. The molecule has 0 radical (unpaired) electrons. The van der Waals surface area contributed by atoms with E-state index in [0.717, 1.165) is 22.4 Å². The molecule has 0 amide bonds. The SMILES string of the molecule is Nc1n[nH]c(-c2ccc(F)c(Br)c2)c1-c1ccncc1. The number of nitrogens with zero attached hydrogens (tertiary/aromatic N) is 2. The fourth-order valence-corrected chi connectivity index (χ4v) is 2.41. The highest BCUT2D eigenvalue weighted by Gasteiger charge is 2.15. The van der Waals surface area contributed by atoms with Gasteiger partial charge in [-0.25, -0.2) is 4.39 Å². The van der Waals surface area contributed by atoms with Crippen molar-refractivity contribution >= 4 is 21.7 Å². The van der Waals surface area contributed by atoms with Crippen LogP contribution in [0, 0.1) is 5.82 Å². The predicted octanol–water partition coefficient (Wildman–Crippen LogP) is 3.62. The van der Waals surface area contributed by atoms with Crippen LogP contribution in [0.25, 0.3) is 22.4 Å². The van der Waals surface area contributed by atoms with E-state index in [9.17, 15) is 4.39 Å². The molecule has 0 aliphatic rings. The zero-order valence-electron chi connectivity index (χ0n) is 10.3. The lowest BCUT2D eigenvalue weighted by Gasteiger charge is -2.05. The van der Waals surface area contributed by atoms with Crippen molar-refractivity contribution < 1.29 is 4.39 Å². The van der Waals surface area contributed by atoms with Crippen LogP contribution in [-0.4, -0.2) is 15.2 Å². The number of rotatable bonds is 2. The van der Waals surface area contributed by atoms with Crippen molar-refractivity contribution in [1.82, 2.24) is 15.2 Å². The third kappa shape index (κ3) is 2.18. The van der Waals surface area contributed by atoms with Crippen LogP contribution in [0.4, 0.5) is 10.2 Å². The molecule has 4 nitrogen and oxygen atoms in total. The Balaban J connectivity index is 2.18. The summed E-state index contributed by atoms with van der Waals surface area (Å²) in [5, 5.41) is 6.94. The number of halogens is 2. The van der Waals surface area contributed by atoms with E-state index in [0.29, 0.717) is 10.3 Å². The Morgan fingerprint density at radius 2 is 1.85 bits per heavy atom. The minimum atomic E-state index is -0.313. The molecule has 0 saturated carbocycles. The number of aromatic amines is 1. The number of hydrogen-bond donors (Lipinski definition) is 2. The average molecular weight is 333 g/mol. The number of nitrogens with two attached hydrogens (primary N) is 1. The van der Waals surface area contributed by atoms with E-state index in [1.807, 2.05) is 12.1 Å². The number of nitrogen functional groups attached to an aromatic ring is 1. The minimum absolute atomic E-state index is 0.313. The second kappa shape index (κ2) is 5.05. The highest BCUT2D eigenvalue weighted by atomic mass is 79.9. The van der Waals surface area contributed by atoms with Crippen molar-refractivity contribution in [1.29, 1.82) is 0 Å². The molecule has 100 valence electrons. The number of hydrogen-bond acceptors (Lipinski definition) is 3. The summed E-state index contributed by atoms with van der Waals surface area (Å²) < 4.78 is 13.7. The molecule has 0 aliphatic carbocycles. The second-order valence-electron chi connectivity index (χ2n) is 4.22. The number of aromatic nitrogens is 3. The maximum Gasteiger partial charge on any atom is 0.153 e. The summed E-state index contributed by atoms with van der Waals surface area (Å²) in [5.74, 6) is 0.0818. The smallest absolute Gasteiger partial charge is 0.153 e. The van der Waals surface area contributed by atoms with Gasteiger partial charge in [-0.05, 0) is 51.8 Å². The highest BCUT2D eigenvalue weighted by molar-refractivity contribution is 9.10.